The Hall–Kier alpha value is -2.62. The molecule has 2 heterocycles. The van der Waals surface area contributed by atoms with E-state index in [2.05, 4.69) is 10.1 Å². The van der Waals surface area contributed by atoms with E-state index in [1.54, 1.807) is 6.21 Å². The predicted molar refractivity (Wildman–Crippen MR) is 72.4 cm³/mol. The maximum absolute atomic E-state index is 5.22. The van der Waals surface area contributed by atoms with Crippen molar-refractivity contribution in [1.82, 2.24) is 9.38 Å². The standard InChI is InChI=1S/C14H12N4/c15-16-10-12-13-8-4-5-9-18(13)14(17-12)11-6-2-1-3-7-11/h1-10H,15H2. The Balaban J connectivity index is 2.30. The summed E-state index contributed by atoms with van der Waals surface area (Å²) < 4.78 is 2.03. The molecule has 0 unspecified atom stereocenters. The minimum absolute atomic E-state index is 0.775. The third kappa shape index (κ3) is 1.64. The number of rotatable bonds is 2. The van der Waals surface area contributed by atoms with E-state index in [4.69, 9.17) is 5.84 Å². The molecular weight excluding hydrogens is 224 g/mol. The van der Waals surface area contributed by atoms with Gasteiger partial charge in [-0.25, -0.2) is 4.98 Å². The number of benzene rings is 1. The number of hydrogen-bond donors (Lipinski definition) is 1. The van der Waals surface area contributed by atoms with Crippen LogP contribution in [0.5, 0.6) is 0 Å². The first-order chi connectivity index (χ1) is 8.90. The third-order valence-corrected chi connectivity index (χ3v) is 2.81. The zero-order valence-corrected chi connectivity index (χ0v) is 9.69. The monoisotopic (exact) mass is 236 g/mol. The quantitative estimate of drug-likeness (QED) is 0.421. The highest BCUT2D eigenvalue weighted by Gasteiger charge is 2.10. The van der Waals surface area contributed by atoms with Gasteiger partial charge < -0.3 is 5.84 Å². The fraction of sp³-hybridized carbons (Fsp3) is 0. The smallest absolute Gasteiger partial charge is 0.145 e. The summed E-state index contributed by atoms with van der Waals surface area (Å²) in [5, 5.41) is 3.56. The van der Waals surface area contributed by atoms with E-state index in [0.717, 1.165) is 22.6 Å². The Kier molecular flexibility index (Phi) is 2.53. The van der Waals surface area contributed by atoms with Crippen molar-refractivity contribution in [3.05, 3.63) is 60.4 Å². The van der Waals surface area contributed by atoms with Crippen LogP contribution < -0.4 is 5.84 Å². The molecule has 3 rings (SSSR count). The second kappa shape index (κ2) is 4.33. The summed E-state index contributed by atoms with van der Waals surface area (Å²) in [6.45, 7) is 0. The van der Waals surface area contributed by atoms with Gasteiger partial charge in [-0.05, 0) is 12.1 Å². The van der Waals surface area contributed by atoms with Crippen LogP contribution in [-0.4, -0.2) is 15.6 Å². The summed E-state index contributed by atoms with van der Waals surface area (Å²) in [4.78, 5) is 4.58. The maximum atomic E-state index is 5.22. The van der Waals surface area contributed by atoms with Gasteiger partial charge in [0.2, 0.25) is 0 Å². The highest BCUT2D eigenvalue weighted by molar-refractivity contribution is 5.88. The van der Waals surface area contributed by atoms with Crippen LogP contribution in [0, 0.1) is 0 Å². The fourth-order valence-electron chi connectivity index (χ4n) is 2.02. The lowest BCUT2D eigenvalue weighted by Crippen LogP contribution is -1.87. The van der Waals surface area contributed by atoms with Gasteiger partial charge in [-0.15, -0.1) is 0 Å². The van der Waals surface area contributed by atoms with Crippen molar-refractivity contribution in [3.63, 3.8) is 0 Å². The predicted octanol–water partition coefficient (Wildman–Crippen LogP) is 2.29. The second-order valence-corrected chi connectivity index (χ2v) is 3.92. The molecule has 0 fully saturated rings. The van der Waals surface area contributed by atoms with Crippen LogP contribution in [0.2, 0.25) is 0 Å². The molecule has 18 heavy (non-hydrogen) atoms. The summed E-state index contributed by atoms with van der Waals surface area (Å²) in [6.07, 6.45) is 3.56. The van der Waals surface area contributed by atoms with E-state index >= 15 is 0 Å². The lowest BCUT2D eigenvalue weighted by Gasteiger charge is -1.99. The largest absolute Gasteiger partial charge is 0.323 e. The summed E-state index contributed by atoms with van der Waals surface area (Å²) in [5.41, 5.74) is 2.83. The number of hydrazone groups is 1. The van der Waals surface area contributed by atoms with E-state index in [1.165, 1.54) is 0 Å². The van der Waals surface area contributed by atoms with Gasteiger partial charge in [0.15, 0.2) is 0 Å². The molecule has 0 saturated heterocycles. The highest BCUT2D eigenvalue weighted by Crippen LogP contribution is 2.21. The van der Waals surface area contributed by atoms with E-state index in [1.807, 2.05) is 59.1 Å². The van der Waals surface area contributed by atoms with Crippen LogP contribution in [0.4, 0.5) is 0 Å². The topological polar surface area (TPSA) is 55.7 Å². The van der Waals surface area contributed by atoms with E-state index in [-0.39, 0.29) is 0 Å². The van der Waals surface area contributed by atoms with Crippen LogP contribution in [0.25, 0.3) is 16.9 Å². The molecule has 0 aliphatic rings. The Morgan fingerprint density at radius 2 is 1.83 bits per heavy atom. The van der Waals surface area contributed by atoms with Gasteiger partial charge in [-0.2, -0.15) is 5.10 Å². The molecule has 3 aromatic rings. The number of nitrogens with two attached hydrogens (primary N) is 1. The van der Waals surface area contributed by atoms with Crippen molar-refractivity contribution >= 4 is 11.7 Å². The lowest BCUT2D eigenvalue weighted by atomic mass is 10.2. The Labute approximate surface area is 104 Å². The average Bonchev–Trinajstić information content (AvgIpc) is 2.80. The van der Waals surface area contributed by atoms with Crippen LogP contribution in [0.1, 0.15) is 5.69 Å². The number of hydrogen-bond acceptors (Lipinski definition) is 3. The number of imidazole rings is 1. The first-order valence-corrected chi connectivity index (χ1v) is 5.66. The Morgan fingerprint density at radius 1 is 1.06 bits per heavy atom. The van der Waals surface area contributed by atoms with E-state index in [0.29, 0.717) is 0 Å². The molecule has 0 aliphatic carbocycles. The molecule has 0 bridgehead atoms. The molecule has 0 atom stereocenters. The molecule has 0 aliphatic heterocycles. The van der Waals surface area contributed by atoms with Crippen molar-refractivity contribution in [2.24, 2.45) is 10.9 Å². The molecule has 0 spiro atoms. The van der Waals surface area contributed by atoms with Gasteiger partial charge in [-0.1, -0.05) is 36.4 Å². The molecule has 0 saturated carbocycles. The van der Waals surface area contributed by atoms with Gasteiger partial charge in [0, 0.05) is 11.8 Å². The normalized spacial score (nSPS) is 11.3. The summed E-state index contributed by atoms with van der Waals surface area (Å²) in [6, 6.07) is 16.0. The zero-order valence-electron chi connectivity index (χ0n) is 9.69. The van der Waals surface area contributed by atoms with Crippen molar-refractivity contribution in [2.75, 3.05) is 0 Å². The van der Waals surface area contributed by atoms with Gasteiger partial charge in [0.1, 0.15) is 11.5 Å². The van der Waals surface area contributed by atoms with Gasteiger partial charge in [-0.3, -0.25) is 4.40 Å². The maximum Gasteiger partial charge on any atom is 0.145 e. The first kappa shape index (κ1) is 10.5. The molecular formula is C14H12N4. The first-order valence-electron chi connectivity index (χ1n) is 5.66. The Morgan fingerprint density at radius 3 is 2.61 bits per heavy atom. The van der Waals surface area contributed by atoms with Gasteiger partial charge >= 0.3 is 0 Å². The number of nitrogens with zero attached hydrogens (tertiary/aromatic N) is 3. The minimum Gasteiger partial charge on any atom is -0.323 e. The van der Waals surface area contributed by atoms with Crippen molar-refractivity contribution in [2.45, 2.75) is 0 Å². The minimum atomic E-state index is 0.775. The average molecular weight is 236 g/mol. The second-order valence-electron chi connectivity index (χ2n) is 3.92. The molecule has 4 nitrogen and oxygen atoms in total. The molecule has 4 heteroatoms. The van der Waals surface area contributed by atoms with Gasteiger partial charge in [0.25, 0.3) is 0 Å². The van der Waals surface area contributed by atoms with E-state index in [9.17, 15) is 0 Å². The lowest BCUT2D eigenvalue weighted by molar-refractivity contribution is 1.16. The zero-order chi connectivity index (χ0) is 12.4. The summed E-state index contributed by atoms with van der Waals surface area (Å²) in [5.74, 6) is 6.11. The third-order valence-electron chi connectivity index (χ3n) is 2.81. The van der Waals surface area contributed by atoms with Crippen molar-refractivity contribution in [3.8, 4) is 11.4 Å². The SMILES string of the molecule is NN=Cc1nc(-c2ccccc2)n2ccccc12. The van der Waals surface area contributed by atoms with Crippen LogP contribution >= 0.6 is 0 Å². The number of pyridine rings is 1. The molecule has 2 N–H and O–H groups in total. The molecule has 1 aromatic carbocycles. The van der Waals surface area contributed by atoms with Gasteiger partial charge in [0.05, 0.1) is 11.7 Å². The van der Waals surface area contributed by atoms with Crippen LogP contribution in [-0.2, 0) is 0 Å². The fourth-order valence-corrected chi connectivity index (χ4v) is 2.02. The number of aromatic nitrogens is 2. The summed E-state index contributed by atoms with van der Waals surface area (Å²) in [7, 11) is 0. The molecule has 88 valence electrons. The van der Waals surface area contributed by atoms with E-state index < -0.39 is 0 Å². The van der Waals surface area contributed by atoms with Crippen LogP contribution in [0.15, 0.2) is 59.8 Å². The van der Waals surface area contributed by atoms with Crippen LogP contribution in [0.3, 0.4) is 0 Å². The highest BCUT2D eigenvalue weighted by atomic mass is 15.1. The summed E-state index contributed by atoms with van der Waals surface area (Å²) >= 11 is 0. The Bertz CT molecular complexity index is 698. The molecule has 2 aromatic heterocycles. The van der Waals surface area contributed by atoms with Crippen molar-refractivity contribution < 1.29 is 0 Å². The molecule has 0 amide bonds. The number of fused-ring (bicyclic) bond motifs is 1. The molecule has 0 radical (unpaired) electrons. The van der Waals surface area contributed by atoms with Crippen molar-refractivity contribution in [1.29, 1.82) is 0 Å².